The van der Waals surface area contributed by atoms with Crippen LogP contribution in [0, 0.1) is 0 Å². The molecule has 1 fully saturated rings. The van der Waals surface area contributed by atoms with Crippen LogP contribution >= 0.6 is 11.3 Å². The number of nitrogens with one attached hydrogen (secondary N) is 2. The van der Waals surface area contributed by atoms with E-state index < -0.39 is 0 Å². The lowest BCUT2D eigenvalue weighted by atomic mass is 9.89. The van der Waals surface area contributed by atoms with Crippen LogP contribution in [0.5, 0.6) is 0 Å². The Morgan fingerprint density at radius 2 is 2.26 bits per heavy atom. The summed E-state index contributed by atoms with van der Waals surface area (Å²) >= 11 is 1.68. The SMILES string of the molecule is CCN(C(=O)c1cc2ccccc2[nH]1)C1CCCC(NCc2nccs2)C1. The molecule has 1 saturated carbocycles. The third kappa shape index (κ3) is 4.06. The van der Waals surface area contributed by atoms with Crippen molar-refractivity contribution >= 4 is 28.1 Å². The molecule has 4 rings (SSSR count). The minimum absolute atomic E-state index is 0.110. The van der Waals surface area contributed by atoms with Crippen molar-refractivity contribution in [2.24, 2.45) is 0 Å². The molecule has 142 valence electrons. The number of para-hydroxylation sites is 1. The van der Waals surface area contributed by atoms with Gasteiger partial charge in [-0.2, -0.15) is 0 Å². The second-order valence-electron chi connectivity index (χ2n) is 7.19. The van der Waals surface area contributed by atoms with E-state index in [0.717, 1.165) is 48.3 Å². The fraction of sp³-hybridized carbons (Fsp3) is 0.429. The van der Waals surface area contributed by atoms with Gasteiger partial charge in [0.25, 0.3) is 5.91 Å². The maximum Gasteiger partial charge on any atom is 0.270 e. The van der Waals surface area contributed by atoms with E-state index in [1.807, 2.05) is 46.8 Å². The zero-order valence-electron chi connectivity index (χ0n) is 15.6. The molecule has 2 aromatic heterocycles. The quantitative estimate of drug-likeness (QED) is 0.672. The lowest BCUT2D eigenvalue weighted by Gasteiger charge is -2.37. The van der Waals surface area contributed by atoms with E-state index in [-0.39, 0.29) is 11.9 Å². The van der Waals surface area contributed by atoms with Crippen molar-refractivity contribution in [3.05, 3.63) is 52.6 Å². The highest BCUT2D eigenvalue weighted by Crippen LogP contribution is 2.26. The van der Waals surface area contributed by atoms with Crippen molar-refractivity contribution in [1.29, 1.82) is 0 Å². The molecule has 2 N–H and O–H groups in total. The number of H-pyrrole nitrogens is 1. The third-order valence-corrected chi connectivity index (χ3v) is 6.25. The fourth-order valence-electron chi connectivity index (χ4n) is 4.12. The van der Waals surface area contributed by atoms with Crippen LogP contribution in [0.3, 0.4) is 0 Å². The van der Waals surface area contributed by atoms with Crippen LogP contribution in [0.1, 0.15) is 48.1 Å². The number of rotatable bonds is 6. The summed E-state index contributed by atoms with van der Waals surface area (Å²) in [6, 6.07) is 10.8. The molecule has 0 saturated heterocycles. The fourth-order valence-corrected chi connectivity index (χ4v) is 4.68. The van der Waals surface area contributed by atoms with Crippen LogP contribution in [0.25, 0.3) is 10.9 Å². The zero-order valence-corrected chi connectivity index (χ0v) is 16.5. The van der Waals surface area contributed by atoms with E-state index in [1.54, 1.807) is 11.3 Å². The summed E-state index contributed by atoms with van der Waals surface area (Å²) in [5.74, 6) is 0.110. The van der Waals surface area contributed by atoms with E-state index in [2.05, 4.69) is 22.2 Å². The van der Waals surface area contributed by atoms with Crippen molar-refractivity contribution in [2.75, 3.05) is 6.54 Å². The van der Waals surface area contributed by atoms with Crippen LogP contribution in [0.2, 0.25) is 0 Å². The van der Waals surface area contributed by atoms with Gasteiger partial charge >= 0.3 is 0 Å². The smallest absolute Gasteiger partial charge is 0.270 e. The highest BCUT2D eigenvalue weighted by Gasteiger charge is 2.29. The Morgan fingerprint density at radius 3 is 3.04 bits per heavy atom. The van der Waals surface area contributed by atoms with Crippen molar-refractivity contribution in [3.63, 3.8) is 0 Å². The van der Waals surface area contributed by atoms with Crippen LogP contribution in [0.4, 0.5) is 0 Å². The number of hydrogen-bond acceptors (Lipinski definition) is 4. The van der Waals surface area contributed by atoms with Gasteiger partial charge in [-0.15, -0.1) is 11.3 Å². The first kappa shape index (κ1) is 18.2. The van der Waals surface area contributed by atoms with Gasteiger partial charge in [0.05, 0.1) is 0 Å². The molecule has 5 nitrogen and oxygen atoms in total. The molecule has 0 radical (unpaired) electrons. The molecule has 1 amide bonds. The number of nitrogens with zero attached hydrogens (tertiary/aromatic N) is 2. The number of amides is 1. The summed E-state index contributed by atoms with van der Waals surface area (Å²) in [5, 5.41) is 7.86. The van der Waals surface area contributed by atoms with Gasteiger partial charge in [-0.25, -0.2) is 4.98 Å². The Bertz CT molecular complexity index is 856. The molecule has 6 heteroatoms. The normalized spacial score (nSPS) is 20.0. The Balaban J connectivity index is 1.43. The van der Waals surface area contributed by atoms with Gasteiger partial charge in [0.2, 0.25) is 0 Å². The van der Waals surface area contributed by atoms with Crippen LogP contribution < -0.4 is 5.32 Å². The van der Waals surface area contributed by atoms with E-state index in [0.29, 0.717) is 11.7 Å². The Kier molecular flexibility index (Phi) is 5.55. The summed E-state index contributed by atoms with van der Waals surface area (Å²) in [6.45, 7) is 3.63. The average molecular weight is 383 g/mol. The van der Waals surface area contributed by atoms with Gasteiger partial charge in [0.1, 0.15) is 10.7 Å². The van der Waals surface area contributed by atoms with E-state index in [4.69, 9.17) is 0 Å². The number of aromatic amines is 1. The van der Waals surface area contributed by atoms with Gasteiger partial charge in [0, 0.05) is 47.7 Å². The molecule has 0 bridgehead atoms. The van der Waals surface area contributed by atoms with Crippen LogP contribution in [-0.4, -0.2) is 39.4 Å². The predicted molar refractivity (Wildman–Crippen MR) is 110 cm³/mol. The second-order valence-corrected chi connectivity index (χ2v) is 8.16. The van der Waals surface area contributed by atoms with Crippen molar-refractivity contribution in [3.8, 4) is 0 Å². The van der Waals surface area contributed by atoms with Gasteiger partial charge in [-0.1, -0.05) is 18.2 Å². The summed E-state index contributed by atoms with van der Waals surface area (Å²) in [4.78, 5) is 22.8. The lowest BCUT2D eigenvalue weighted by molar-refractivity contribution is 0.0623. The summed E-state index contributed by atoms with van der Waals surface area (Å²) < 4.78 is 0. The Labute approximate surface area is 163 Å². The van der Waals surface area contributed by atoms with Crippen molar-refractivity contribution in [1.82, 2.24) is 20.2 Å². The largest absolute Gasteiger partial charge is 0.351 e. The molecule has 0 aliphatic heterocycles. The molecule has 3 aromatic rings. The van der Waals surface area contributed by atoms with Crippen LogP contribution in [0.15, 0.2) is 41.9 Å². The minimum atomic E-state index is 0.110. The molecule has 2 atom stereocenters. The number of carbonyl (C=O) groups is 1. The summed E-state index contributed by atoms with van der Waals surface area (Å²) in [5.41, 5.74) is 1.71. The van der Waals surface area contributed by atoms with Crippen LogP contribution in [-0.2, 0) is 6.54 Å². The number of aromatic nitrogens is 2. The molecule has 1 aliphatic carbocycles. The Hall–Kier alpha value is -2.18. The summed E-state index contributed by atoms with van der Waals surface area (Å²) in [7, 11) is 0. The number of benzene rings is 1. The average Bonchev–Trinajstić information content (AvgIpc) is 3.37. The zero-order chi connectivity index (χ0) is 18.6. The minimum Gasteiger partial charge on any atom is -0.351 e. The molecular weight excluding hydrogens is 356 g/mol. The number of fused-ring (bicyclic) bond motifs is 1. The molecule has 1 aliphatic rings. The van der Waals surface area contributed by atoms with E-state index in [1.165, 1.54) is 6.42 Å². The molecule has 0 spiro atoms. The topological polar surface area (TPSA) is 61.0 Å². The standard InChI is InChI=1S/C21H26N4OS/c1-2-25(21(26)19-12-15-6-3-4-9-18(15)24-19)17-8-5-7-16(13-17)23-14-20-22-10-11-27-20/h3-4,6,9-12,16-17,23-24H,2,5,7-8,13-14H2,1H3. The first-order valence-corrected chi connectivity index (χ1v) is 10.6. The first-order valence-electron chi connectivity index (χ1n) is 9.75. The van der Waals surface area contributed by atoms with E-state index in [9.17, 15) is 4.79 Å². The lowest BCUT2D eigenvalue weighted by Crippen LogP contribution is -2.46. The highest BCUT2D eigenvalue weighted by molar-refractivity contribution is 7.09. The van der Waals surface area contributed by atoms with Crippen molar-refractivity contribution < 1.29 is 4.79 Å². The number of thiazole rings is 1. The molecule has 2 unspecified atom stereocenters. The third-order valence-electron chi connectivity index (χ3n) is 5.47. The Morgan fingerprint density at radius 1 is 1.37 bits per heavy atom. The molecular formula is C21H26N4OS. The van der Waals surface area contributed by atoms with Gasteiger partial charge in [-0.3, -0.25) is 4.79 Å². The maximum atomic E-state index is 13.2. The monoisotopic (exact) mass is 382 g/mol. The maximum absolute atomic E-state index is 13.2. The molecule has 2 heterocycles. The van der Waals surface area contributed by atoms with Gasteiger partial charge in [-0.05, 0) is 44.7 Å². The molecule has 1 aromatic carbocycles. The number of carbonyl (C=O) groups excluding carboxylic acids is 1. The first-order chi connectivity index (χ1) is 13.2. The second kappa shape index (κ2) is 8.23. The highest BCUT2D eigenvalue weighted by atomic mass is 32.1. The molecule has 27 heavy (non-hydrogen) atoms. The summed E-state index contributed by atoms with van der Waals surface area (Å²) in [6.07, 6.45) is 6.25. The van der Waals surface area contributed by atoms with Crippen molar-refractivity contribution in [2.45, 2.75) is 51.2 Å². The van der Waals surface area contributed by atoms with Gasteiger partial charge < -0.3 is 15.2 Å². The van der Waals surface area contributed by atoms with Gasteiger partial charge in [0.15, 0.2) is 0 Å². The predicted octanol–water partition coefficient (Wildman–Crippen LogP) is 4.19. The van der Waals surface area contributed by atoms with E-state index >= 15 is 0 Å². The number of hydrogen-bond donors (Lipinski definition) is 2.